The number of unbranched alkanes of at least 4 members (excludes halogenated alkanes) is 2. The van der Waals surface area contributed by atoms with E-state index in [0.29, 0.717) is 11.3 Å². The molecule has 0 unspecified atom stereocenters. The molecule has 0 aromatic heterocycles. The van der Waals surface area contributed by atoms with E-state index in [2.05, 4.69) is 6.92 Å². The Balaban J connectivity index is 1.54. The fourth-order valence-electron chi connectivity index (χ4n) is 4.97. The van der Waals surface area contributed by atoms with E-state index in [0.717, 1.165) is 36.3 Å². The zero-order chi connectivity index (χ0) is 22.0. The molecule has 164 valence electrons. The standard InChI is InChI=1S/C27H28F4/c1-2-3-4-5-17-6-8-18(9-7-17)19-10-12-22-20(14-19)11-13-23(26(22)30)21-15-24(28)27(31)25(29)16-21/h10-18H,2-9H2,1H3/t17-,18-. The van der Waals surface area contributed by atoms with E-state index in [1.54, 1.807) is 12.1 Å². The Kier molecular flexibility index (Phi) is 6.64. The summed E-state index contributed by atoms with van der Waals surface area (Å²) < 4.78 is 55.6. The van der Waals surface area contributed by atoms with Crippen LogP contribution >= 0.6 is 0 Å². The third kappa shape index (κ3) is 4.63. The van der Waals surface area contributed by atoms with Gasteiger partial charge in [0.15, 0.2) is 17.5 Å². The van der Waals surface area contributed by atoms with Crippen molar-refractivity contribution in [1.82, 2.24) is 0 Å². The maximum absolute atomic E-state index is 15.2. The molecule has 0 nitrogen and oxygen atoms in total. The second-order valence-electron chi connectivity index (χ2n) is 8.87. The predicted molar refractivity (Wildman–Crippen MR) is 118 cm³/mol. The normalized spacial score (nSPS) is 19.1. The largest absolute Gasteiger partial charge is 0.206 e. The highest BCUT2D eigenvalue weighted by atomic mass is 19.2. The predicted octanol–water partition coefficient (Wildman–Crippen LogP) is 8.92. The van der Waals surface area contributed by atoms with Crippen molar-refractivity contribution < 1.29 is 17.6 Å². The Labute approximate surface area is 181 Å². The molecule has 0 bridgehead atoms. The molecule has 0 aliphatic heterocycles. The van der Waals surface area contributed by atoms with E-state index in [1.165, 1.54) is 50.2 Å². The van der Waals surface area contributed by atoms with Crippen LogP contribution in [0.4, 0.5) is 17.6 Å². The van der Waals surface area contributed by atoms with Gasteiger partial charge in [-0.3, -0.25) is 0 Å². The summed E-state index contributed by atoms with van der Waals surface area (Å²) in [4.78, 5) is 0. The first-order valence-electron chi connectivity index (χ1n) is 11.3. The maximum atomic E-state index is 15.2. The lowest BCUT2D eigenvalue weighted by molar-refractivity contribution is 0.303. The van der Waals surface area contributed by atoms with Crippen LogP contribution in [0.1, 0.15) is 69.8 Å². The summed E-state index contributed by atoms with van der Waals surface area (Å²) in [5.74, 6) is -3.41. The molecule has 0 heterocycles. The van der Waals surface area contributed by atoms with Crippen LogP contribution in [-0.2, 0) is 0 Å². The Bertz CT molecular complexity index is 1040. The van der Waals surface area contributed by atoms with Gasteiger partial charge in [0.05, 0.1) is 0 Å². The minimum Gasteiger partial charge on any atom is -0.206 e. The average Bonchev–Trinajstić information content (AvgIpc) is 2.78. The molecule has 0 spiro atoms. The minimum absolute atomic E-state index is 0.0127. The number of halogens is 4. The second kappa shape index (κ2) is 9.42. The summed E-state index contributed by atoms with van der Waals surface area (Å²) in [5, 5.41) is 1.17. The molecule has 31 heavy (non-hydrogen) atoms. The van der Waals surface area contributed by atoms with E-state index < -0.39 is 23.3 Å². The number of fused-ring (bicyclic) bond motifs is 1. The van der Waals surface area contributed by atoms with Gasteiger partial charge in [-0.15, -0.1) is 0 Å². The van der Waals surface area contributed by atoms with Crippen molar-refractivity contribution in [2.45, 2.75) is 64.2 Å². The van der Waals surface area contributed by atoms with Gasteiger partial charge in [-0.2, -0.15) is 0 Å². The highest BCUT2D eigenvalue weighted by Gasteiger charge is 2.23. The fraction of sp³-hybridized carbons (Fsp3) is 0.407. The van der Waals surface area contributed by atoms with Crippen molar-refractivity contribution in [3.05, 3.63) is 71.3 Å². The molecule has 1 aliphatic carbocycles. The molecule has 3 aromatic carbocycles. The second-order valence-corrected chi connectivity index (χ2v) is 8.87. The van der Waals surface area contributed by atoms with Crippen LogP contribution in [0.2, 0.25) is 0 Å². The molecule has 3 aromatic rings. The van der Waals surface area contributed by atoms with Crippen LogP contribution in [0.3, 0.4) is 0 Å². The van der Waals surface area contributed by atoms with Gasteiger partial charge in [0.1, 0.15) is 5.82 Å². The lowest BCUT2D eigenvalue weighted by atomic mass is 9.76. The van der Waals surface area contributed by atoms with Crippen LogP contribution in [0, 0.1) is 29.2 Å². The van der Waals surface area contributed by atoms with E-state index in [4.69, 9.17) is 0 Å². The topological polar surface area (TPSA) is 0 Å². The molecule has 0 saturated heterocycles. The molecule has 1 saturated carbocycles. The smallest absolute Gasteiger partial charge is 0.194 e. The van der Waals surface area contributed by atoms with Gasteiger partial charge >= 0.3 is 0 Å². The lowest BCUT2D eigenvalue weighted by Gasteiger charge is -2.29. The van der Waals surface area contributed by atoms with Gasteiger partial charge in [-0.05, 0) is 66.2 Å². The van der Waals surface area contributed by atoms with Crippen molar-refractivity contribution in [2.24, 2.45) is 5.92 Å². The molecule has 0 radical (unpaired) electrons. The van der Waals surface area contributed by atoms with Crippen LogP contribution in [0.25, 0.3) is 21.9 Å². The number of rotatable bonds is 6. The van der Waals surface area contributed by atoms with Crippen molar-refractivity contribution in [1.29, 1.82) is 0 Å². The SMILES string of the molecule is CCCCC[C@H]1CC[C@H](c2ccc3c(F)c(-c4cc(F)c(F)c(F)c4)ccc3c2)CC1. The zero-order valence-corrected chi connectivity index (χ0v) is 17.9. The van der Waals surface area contributed by atoms with Crippen LogP contribution in [0.5, 0.6) is 0 Å². The van der Waals surface area contributed by atoms with Crippen LogP contribution < -0.4 is 0 Å². The molecular weight excluding hydrogens is 400 g/mol. The Hall–Kier alpha value is -2.36. The quantitative estimate of drug-likeness (QED) is 0.209. The van der Waals surface area contributed by atoms with Gasteiger partial charge in [0, 0.05) is 10.9 Å². The fourth-order valence-corrected chi connectivity index (χ4v) is 4.97. The van der Waals surface area contributed by atoms with E-state index >= 15 is 4.39 Å². The van der Waals surface area contributed by atoms with Crippen LogP contribution in [-0.4, -0.2) is 0 Å². The first-order valence-corrected chi connectivity index (χ1v) is 11.3. The molecule has 0 atom stereocenters. The summed E-state index contributed by atoms with van der Waals surface area (Å²) in [5.41, 5.74) is 1.28. The van der Waals surface area contributed by atoms with E-state index in [9.17, 15) is 13.2 Å². The Morgan fingerprint density at radius 1 is 0.774 bits per heavy atom. The highest BCUT2D eigenvalue weighted by molar-refractivity contribution is 5.89. The van der Waals surface area contributed by atoms with Crippen LogP contribution in [0.15, 0.2) is 42.5 Å². The third-order valence-electron chi connectivity index (χ3n) is 6.81. The molecule has 0 amide bonds. The van der Waals surface area contributed by atoms with Gasteiger partial charge in [-0.1, -0.05) is 62.9 Å². The summed E-state index contributed by atoms with van der Waals surface area (Å²) >= 11 is 0. The third-order valence-corrected chi connectivity index (χ3v) is 6.81. The lowest BCUT2D eigenvalue weighted by Crippen LogP contribution is -2.13. The number of hydrogen-bond donors (Lipinski definition) is 0. The van der Waals surface area contributed by atoms with Gasteiger partial charge in [0.25, 0.3) is 0 Å². The van der Waals surface area contributed by atoms with Crippen molar-refractivity contribution >= 4 is 10.8 Å². The van der Waals surface area contributed by atoms with Gasteiger partial charge in [-0.25, -0.2) is 17.6 Å². The first-order chi connectivity index (χ1) is 15.0. The minimum atomic E-state index is -1.55. The molecule has 1 aliphatic rings. The zero-order valence-electron chi connectivity index (χ0n) is 17.9. The van der Waals surface area contributed by atoms with Gasteiger partial charge in [0.2, 0.25) is 0 Å². The molecule has 4 heteroatoms. The molecular formula is C27H28F4. The van der Waals surface area contributed by atoms with E-state index in [1.807, 2.05) is 12.1 Å². The van der Waals surface area contributed by atoms with Crippen molar-refractivity contribution in [3.63, 3.8) is 0 Å². The maximum Gasteiger partial charge on any atom is 0.194 e. The summed E-state index contributed by atoms with van der Waals surface area (Å²) in [6.07, 6.45) is 10.1. The number of hydrogen-bond acceptors (Lipinski definition) is 0. The monoisotopic (exact) mass is 428 g/mol. The van der Waals surface area contributed by atoms with E-state index in [-0.39, 0.29) is 11.1 Å². The summed E-state index contributed by atoms with van der Waals surface area (Å²) in [7, 11) is 0. The van der Waals surface area contributed by atoms with Crippen molar-refractivity contribution in [3.8, 4) is 11.1 Å². The molecule has 4 rings (SSSR count). The number of benzene rings is 3. The summed E-state index contributed by atoms with van der Waals surface area (Å²) in [6, 6.07) is 10.7. The van der Waals surface area contributed by atoms with Gasteiger partial charge < -0.3 is 0 Å². The Morgan fingerprint density at radius 3 is 2.16 bits per heavy atom. The highest BCUT2D eigenvalue weighted by Crippen LogP contribution is 2.39. The molecule has 0 N–H and O–H groups in total. The first kappa shape index (κ1) is 21.9. The van der Waals surface area contributed by atoms with Crippen molar-refractivity contribution in [2.75, 3.05) is 0 Å². The Morgan fingerprint density at radius 2 is 1.48 bits per heavy atom. The average molecular weight is 429 g/mol. The summed E-state index contributed by atoms with van der Waals surface area (Å²) in [6.45, 7) is 2.23. The molecule has 1 fully saturated rings.